The zero-order valence-electron chi connectivity index (χ0n) is 9.46. The van der Waals surface area contributed by atoms with Gasteiger partial charge < -0.3 is 10.2 Å². The molecule has 1 aliphatic heterocycles. The predicted octanol–water partition coefficient (Wildman–Crippen LogP) is 2.39. The number of aromatic nitrogens is 1. The summed E-state index contributed by atoms with van der Waals surface area (Å²) >= 11 is 6.07. The van der Waals surface area contributed by atoms with Crippen LogP contribution in [0.4, 0.5) is 10.1 Å². The monoisotopic (exact) mass is 267 g/mol. The number of pyridine rings is 1. The first-order valence-corrected chi connectivity index (χ1v) is 5.94. The summed E-state index contributed by atoms with van der Waals surface area (Å²) in [5.74, 6) is 5.12. The highest BCUT2D eigenvalue weighted by molar-refractivity contribution is 6.35. The van der Waals surface area contributed by atoms with Gasteiger partial charge in [-0.15, -0.1) is 0 Å². The third kappa shape index (κ3) is 1.63. The van der Waals surface area contributed by atoms with Crippen molar-refractivity contribution in [2.75, 3.05) is 12.0 Å². The van der Waals surface area contributed by atoms with Crippen molar-refractivity contribution in [1.82, 2.24) is 4.98 Å². The first-order valence-electron chi connectivity index (χ1n) is 5.56. The van der Waals surface area contributed by atoms with E-state index in [-0.39, 0.29) is 0 Å². The highest BCUT2D eigenvalue weighted by Crippen LogP contribution is 2.35. The number of anilines is 1. The molecule has 3 rings (SSSR count). The Hall–Kier alpha value is -1.43. The van der Waals surface area contributed by atoms with Crippen LogP contribution in [0.25, 0.3) is 10.9 Å². The fraction of sp³-hybridized carbons (Fsp3) is 0.250. The van der Waals surface area contributed by atoms with Crippen LogP contribution in [0.1, 0.15) is 11.3 Å². The quantitative estimate of drug-likeness (QED) is 0.615. The number of nitrogens with zero attached hydrogens (tertiary/aromatic N) is 1. The number of ether oxygens (including phenoxy) is 1. The van der Waals surface area contributed by atoms with E-state index in [1.165, 1.54) is 12.1 Å². The molecular formula is C12H11ClFN3O. The van der Waals surface area contributed by atoms with E-state index in [9.17, 15) is 4.39 Å². The number of benzene rings is 1. The van der Waals surface area contributed by atoms with Crippen molar-refractivity contribution in [3.05, 3.63) is 34.2 Å². The SMILES string of the molecule is NNc1c2c(nc3c(Cl)ccc(F)c13)CCOC2. The van der Waals surface area contributed by atoms with Gasteiger partial charge >= 0.3 is 0 Å². The van der Waals surface area contributed by atoms with Crippen LogP contribution in [0.15, 0.2) is 12.1 Å². The minimum Gasteiger partial charge on any atom is -0.376 e. The molecule has 2 heterocycles. The Morgan fingerprint density at radius 1 is 1.44 bits per heavy atom. The second-order valence-electron chi connectivity index (χ2n) is 4.11. The van der Waals surface area contributed by atoms with E-state index < -0.39 is 5.82 Å². The number of nitrogen functional groups attached to an aromatic ring is 1. The highest BCUT2D eigenvalue weighted by Gasteiger charge is 2.21. The molecule has 2 aromatic rings. The summed E-state index contributed by atoms with van der Waals surface area (Å²) in [4.78, 5) is 4.44. The second kappa shape index (κ2) is 4.35. The fourth-order valence-corrected chi connectivity index (χ4v) is 2.45. The lowest BCUT2D eigenvalue weighted by Gasteiger charge is -2.21. The second-order valence-corrected chi connectivity index (χ2v) is 4.52. The van der Waals surface area contributed by atoms with Crippen molar-refractivity contribution in [3.8, 4) is 0 Å². The average molecular weight is 268 g/mol. The van der Waals surface area contributed by atoms with E-state index in [1.54, 1.807) is 0 Å². The molecule has 0 spiro atoms. The number of nitrogens with one attached hydrogen (secondary N) is 1. The van der Waals surface area contributed by atoms with Gasteiger partial charge in [0.15, 0.2) is 0 Å². The molecule has 18 heavy (non-hydrogen) atoms. The highest BCUT2D eigenvalue weighted by atomic mass is 35.5. The van der Waals surface area contributed by atoms with E-state index >= 15 is 0 Å². The lowest BCUT2D eigenvalue weighted by atomic mass is 10.0. The van der Waals surface area contributed by atoms with Gasteiger partial charge in [-0.2, -0.15) is 0 Å². The van der Waals surface area contributed by atoms with Gasteiger partial charge in [-0.25, -0.2) is 4.39 Å². The van der Waals surface area contributed by atoms with Crippen LogP contribution >= 0.6 is 11.6 Å². The fourth-order valence-electron chi connectivity index (χ4n) is 2.25. The van der Waals surface area contributed by atoms with Crippen molar-refractivity contribution in [2.45, 2.75) is 13.0 Å². The maximum atomic E-state index is 13.9. The van der Waals surface area contributed by atoms with E-state index in [4.69, 9.17) is 22.2 Å². The molecule has 1 aromatic heterocycles. The molecule has 0 saturated carbocycles. The lowest BCUT2D eigenvalue weighted by molar-refractivity contribution is 0.110. The number of fused-ring (bicyclic) bond motifs is 2. The Bertz CT molecular complexity index is 632. The van der Waals surface area contributed by atoms with Crippen molar-refractivity contribution >= 4 is 28.2 Å². The summed E-state index contributed by atoms with van der Waals surface area (Å²) in [6, 6.07) is 2.81. The largest absolute Gasteiger partial charge is 0.376 e. The topological polar surface area (TPSA) is 60.2 Å². The molecule has 0 unspecified atom stereocenters. The Morgan fingerprint density at radius 3 is 3.06 bits per heavy atom. The zero-order chi connectivity index (χ0) is 12.7. The molecule has 1 aliphatic rings. The van der Waals surface area contributed by atoms with Crippen LogP contribution < -0.4 is 11.3 Å². The normalized spacial score (nSPS) is 14.6. The number of rotatable bonds is 1. The summed E-state index contributed by atoms with van der Waals surface area (Å²) in [5, 5.41) is 0.728. The molecule has 94 valence electrons. The summed E-state index contributed by atoms with van der Waals surface area (Å²) in [6.45, 7) is 0.978. The summed E-state index contributed by atoms with van der Waals surface area (Å²) in [5.41, 5.74) is 5.15. The van der Waals surface area contributed by atoms with Crippen LogP contribution in [0, 0.1) is 5.82 Å². The van der Waals surface area contributed by atoms with Crippen molar-refractivity contribution in [3.63, 3.8) is 0 Å². The molecule has 0 atom stereocenters. The number of hydrazine groups is 1. The van der Waals surface area contributed by atoms with Crippen LogP contribution in [0.3, 0.4) is 0 Å². The lowest BCUT2D eigenvalue weighted by Crippen LogP contribution is -2.18. The minimum absolute atomic E-state index is 0.314. The van der Waals surface area contributed by atoms with E-state index in [0.717, 1.165) is 11.3 Å². The van der Waals surface area contributed by atoms with Gasteiger partial charge in [-0.3, -0.25) is 10.8 Å². The third-order valence-electron chi connectivity index (χ3n) is 3.10. The Morgan fingerprint density at radius 2 is 2.28 bits per heavy atom. The van der Waals surface area contributed by atoms with Gasteiger partial charge in [0.2, 0.25) is 0 Å². The van der Waals surface area contributed by atoms with Gasteiger partial charge in [0.25, 0.3) is 0 Å². The number of nitrogens with two attached hydrogens (primary N) is 1. The molecule has 0 bridgehead atoms. The maximum Gasteiger partial charge on any atom is 0.134 e. The Balaban J connectivity index is 2.44. The summed E-state index contributed by atoms with van der Waals surface area (Å²) in [6.07, 6.45) is 0.673. The first kappa shape index (κ1) is 11.6. The maximum absolute atomic E-state index is 13.9. The zero-order valence-corrected chi connectivity index (χ0v) is 10.2. The van der Waals surface area contributed by atoms with Gasteiger partial charge in [-0.1, -0.05) is 11.6 Å². The molecule has 3 N–H and O–H groups in total. The van der Waals surface area contributed by atoms with Gasteiger partial charge in [0.1, 0.15) is 5.82 Å². The summed E-state index contributed by atoms with van der Waals surface area (Å²) < 4.78 is 19.3. The number of halogens is 2. The van der Waals surface area contributed by atoms with Crippen LogP contribution in [-0.4, -0.2) is 11.6 Å². The van der Waals surface area contributed by atoms with Crippen LogP contribution in [0.5, 0.6) is 0 Å². The van der Waals surface area contributed by atoms with E-state index in [1.807, 2.05) is 0 Å². The third-order valence-corrected chi connectivity index (χ3v) is 3.40. The van der Waals surface area contributed by atoms with Gasteiger partial charge in [0, 0.05) is 12.0 Å². The van der Waals surface area contributed by atoms with E-state index in [2.05, 4.69) is 10.4 Å². The Kier molecular flexibility index (Phi) is 2.81. The van der Waals surface area contributed by atoms with Crippen LogP contribution in [0.2, 0.25) is 5.02 Å². The molecule has 0 saturated heterocycles. The molecule has 6 heteroatoms. The molecule has 0 amide bonds. The van der Waals surface area contributed by atoms with Crippen molar-refractivity contribution in [1.29, 1.82) is 0 Å². The Labute approximate surface area is 108 Å². The predicted molar refractivity (Wildman–Crippen MR) is 67.9 cm³/mol. The first-order chi connectivity index (χ1) is 8.72. The summed E-state index contributed by atoms with van der Waals surface area (Å²) in [7, 11) is 0. The van der Waals surface area contributed by atoms with Crippen molar-refractivity contribution in [2.24, 2.45) is 5.84 Å². The van der Waals surface area contributed by atoms with Crippen molar-refractivity contribution < 1.29 is 9.13 Å². The average Bonchev–Trinajstić information content (AvgIpc) is 2.41. The molecule has 0 fully saturated rings. The van der Waals surface area contributed by atoms with E-state index in [0.29, 0.717) is 41.2 Å². The van der Waals surface area contributed by atoms with Gasteiger partial charge in [-0.05, 0) is 12.1 Å². The van der Waals surface area contributed by atoms with Crippen LogP contribution in [-0.2, 0) is 17.8 Å². The smallest absolute Gasteiger partial charge is 0.134 e. The minimum atomic E-state index is -0.400. The molecule has 0 radical (unpaired) electrons. The molecule has 1 aromatic carbocycles. The van der Waals surface area contributed by atoms with Gasteiger partial charge in [0.05, 0.1) is 40.5 Å². The number of hydrogen-bond acceptors (Lipinski definition) is 4. The molecule has 4 nitrogen and oxygen atoms in total. The standard InChI is InChI=1S/C12H11ClFN3O/c13-7-1-2-8(14)10-11(17-15)6-5-18-4-3-9(6)16-12(7)10/h1-2H,3-5,15H2,(H,16,17). The molecule has 0 aliphatic carbocycles. The molecular weight excluding hydrogens is 257 g/mol. The number of hydrogen-bond donors (Lipinski definition) is 2.